The molecule has 0 aromatic rings. The molecule has 0 fully saturated rings. The Bertz CT molecular complexity index is 1300. The van der Waals surface area contributed by atoms with Crippen LogP contribution in [0.4, 0.5) is 0 Å². The Kier molecular flexibility index (Phi) is 52.4. The Hall–Kier alpha value is -3.41. The molecule has 0 rings (SSSR count). The summed E-state index contributed by atoms with van der Waals surface area (Å²) >= 11 is 0. The molecule has 0 saturated heterocycles. The molecule has 0 aliphatic carbocycles. The molecule has 0 radical (unpaired) electrons. The topological polar surface area (TPSA) is 78.9 Å². The number of hydrogen-bond donors (Lipinski definition) is 0. The molecule has 0 heterocycles. The van der Waals surface area contributed by atoms with Crippen molar-refractivity contribution < 1.29 is 28.6 Å². The van der Waals surface area contributed by atoms with Gasteiger partial charge in [-0.3, -0.25) is 14.4 Å². The van der Waals surface area contributed by atoms with Crippen LogP contribution in [-0.2, 0) is 28.6 Å². The SMILES string of the molecule is CC\C=C/C=C\C=C/C=C\C=C/CCCCCC(=O)OC(COC(=O)CCCCCCCCC/C=C\CCCCCC)COC(=O)CCCCCCCCC/C=C\CCCCCCCCCC. The van der Waals surface area contributed by atoms with E-state index in [1.165, 1.54) is 154 Å². The lowest BCUT2D eigenvalue weighted by Gasteiger charge is -2.18. The van der Waals surface area contributed by atoms with Gasteiger partial charge in [-0.15, -0.1) is 0 Å². The Morgan fingerprint density at radius 2 is 0.597 bits per heavy atom. The summed E-state index contributed by atoms with van der Waals surface area (Å²) in [6.45, 7) is 6.45. The highest BCUT2D eigenvalue weighted by molar-refractivity contribution is 5.71. The predicted octanol–water partition coefficient (Wildman–Crippen LogP) is 18.8. The lowest BCUT2D eigenvalue weighted by molar-refractivity contribution is -0.167. The number of ether oxygens (including phenoxy) is 3. The lowest BCUT2D eigenvalue weighted by Crippen LogP contribution is -2.30. The van der Waals surface area contributed by atoms with Crippen molar-refractivity contribution in [3.63, 3.8) is 0 Å². The van der Waals surface area contributed by atoms with E-state index in [-0.39, 0.29) is 37.5 Å². The molecule has 1 unspecified atom stereocenters. The van der Waals surface area contributed by atoms with Gasteiger partial charge in [0.15, 0.2) is 6.10 Å². The van der Waals surface area contributed by atoms with Gasteiger partial charge in [0.05, 0.1) is 0 Å². The van der Waals surface area contributed by atoms with Gasteiger partial charge in [0.1, 0.15) is 13.2 Å². The molecule has 6 nitrogen and oxygen atoms in total. The third kappa shape index (κ3) is 53.4. The third-order valence-corrected chi connectivity index (χ3v) is 12.0. The Balaban J connectivity index is 4.44. The molecule has 0 aliphatic rings. The van der Waals surface area contributed by atoms with Crippen molar-refractivity contribution in [3.8, 4) is 0 Å². The largest absolute Gasteiger partial charge is 0.462 e. The molecule has 0 spiro atoms. The summed E-state index contributed by atoms with van der Waals surface area (Å²) in [5.74, 6) is -0.944. The fourth-order valence-corrected chi connectivity index (χ4v) is 7.75. The third-order valence-electron chi connectivity index (χ3n) is 12.0. The summed E-state index contributed by atoms with van der Waals surface area (Å²) < 4.78 is 16.8. The van der Waals surface area contributed by atoms with Crippen molar-refractivity contribution in [2.24, 2.45) is 0 Å². The zero-order valence-electron chi connectivity index (χ0n) is 43.9. The normalized spacial score (nSPS) is 12.7. The van der Waals surface area contributed by atoms with Crippen molar-refractivity contribution in [2.75, 3.05) is 13.2 Å². The maximum absolute atomic E-state index is 12.8. The fraction of sp³-hybridized carbons (Fsp3) is 0.721. The van der Waals surface area contributed by atoms with E-state index in [9.17, 15) is 14.4 Å². The van der Waals surface area contributed by atoms with Gasteiger partial charge in [-0.2, -0.15) is 0 Å². The first-order valence-corrected chi connectivity index (χ1v) is 28.2. The second-order valence-electron chi connectivity index (χ2n) is 18.6. The van der Waals surface area contributed by atoms with Crippen LogP contribution in [0.1, 0.15) is 265 Å². The highest BCUT2D eigenvalue weighted by atomic mass is 16.6. The molecule has 0 aromatic heterocycles. The van der Waals surface area contributed by atoms with Crippen LogP contribution >= 0.6 is 0 Å². The Morgan fingerprint density at radius 3 is 0.985 bits per heavy atom. The first-order chi connectivity index (χ1) is 33.0. The van der Waals surface area contributed by atoms with E-state index in [4.69, 9.17) is 14.2 Å². The minimum atomic E-state index is -0.802. The van der Waals surface area contributed by atoms with Crippen molar-refractivity contribution in [3.05, 3.63) is 85.1 Å². The van der Waals surface area contributed by atoms with Crippen LogP contribution in [0.2, 0.25) is 0 Å². The highest BCUT2D eigenvalue weighted by Gasteiger charge is 2.19. The average molecular weight is 933 g/mol. The predicted molar refractivity (Wildman–Crippen MR) is 288 cm³/mol. The number of carbonyl (C=O) groups is 3. The van der Waals surface area contributed by atoms with Gasteiger partial charge in [-0.1, -0.05) is 241 Å². The standard InChI is InChI=1S/C61H104O6/c1-4-7-10-13-16-19-22-25-28-29-30-31-34-36-39-42-45-48-51-54-60(63)66-57-58(67-61(64)55-52-49-46-43-40-37-33-27-24-21-18-15-12-9-6-3)56-65-59(62)53-50-47-44-41-38-35-32-26-23-20-17-14-11-8-5-2/h9,12,15,18,20-21,23-24,27,29-30,33,37,40,58H,4-8,10-11,13-14,16-17,19,22,25-26,28,31-32,34-36,38-39,41-57H2,1-3H3/b12-9-,18-15-,23-20-,24-21-,30-29-,33-27-,40-37-. The lowest BCUT2D eigenvalue weighted by atomic mass is 10.1. The van der Waals surface area contributed by atoms with Crippen LogP contribution in [0.15, 0.2) is 85.1 Å². The average Bonchev–Trinajstić information content (AvgIpc) is 3.33. The quantitative estimate of drug-likeness (QED) is 0.0199. The van der Waals surface area contributed by atoms with Gasteiger partial charge >= 0.3 is 17.9 Å². The van der Waals surface area contributed by atoms with Crippen molar-refractivity contribution in [2.45, 2.75) is 271 Å². The molecule has 6 heteroatoms. The first-order valence-electron chi connectivity index (χ1n) is 28.2. The zero-order valence-corrected chi connectivity index (χ0v) is 43.9. The molecule has 0 aliphatic heterocycles. The van der Waals surface area contributed by atoms with Crippen molar-refractivity contribution >= 4 is 17.9 Å². The van der Waals surface area contributed by atoms with Gasteiger partial charge in [0.25, 0.3) is 0 Å². The summed E-state index contributed by atoms with van der Waals surface area (Å²) in [5, 5.41) is 0. The number of hydrogen-bond acceptors (Lipinski definition) is 6. The monoisotopic (exact) mass is 933 g/mol. The van der Waals surface area contributed by atoms with Crippen LogP contribution in [-0.4, -0.2) is 37.2 Å². The number of rotatable bonds is 50. The highest BCUT2D eigenvalue weighted by Crippen LogP contribution is 2.15. The number of carbonyl (C=O) groups excluding carboxylic acids is 3. The maximum Gasteiger partial charge on any atom is 0.306 e. The molecule has 0 amide bonds. The van der Waals surface area contributed by atoms with Crippen LogP contribution < -0.4 is 0 Å². The second-order valence-corrected chi connectivity index (χ2v) is 18.6. The van der Waals surface area contributed by atoms with E-state index >= 15 is 0 Å². The number of unbranched alkanes of at least 4 members (excludes halogenated alkanes) is 29. The number of allylic oxidation sites excluding steroid dienone is 14. The van der Waals surface area contributed by atoms with E-state index in [1.54, 1.807) is 0 Å². The van der Waals surface area contributed by atoms with Crippen LogP contribution in [0.5, 0.6) is 0 Å². The summed E-state index contributed by atoms with van der Waals surface area (Å²) in [4.78, 5) is 38.1. The minimum absolute atomic E-state index is 0.0974. The fourth-order valence-electron chi connectivity index (χ4n) is 7.75. The summed E-state index contributed by atoms with van der Waals surface area (Å²) in [6, 6.07) is 0. The number of esters is 3. The summed E-state index contributed by atoms with van der Waals surface area (Å²) in [6.07, 6.45) is 71.4. The molecule has 0 bridgehead atoms. The van der Waals surface area contributed by atoms with E-state index in [0.717, 1.165) is 64.2 Å². The second kappa shape index (κ2) is 55.2. The van der Waals surface area contributed by atoms with Gasteiger partial charge in [-0.05, 0) is 89.9 Å². The van der Waals surface area contributed by atoms with Crippen molar-refractivity contribution in [1.82, 2.24) is 0 Å². The Morgan fingerprint density at radius 1 is 0.313 bits per heavy atom. The molecule has 1 atom stereocenters. The Labute approximate surface area is 414 Å². The van der Waals surface area contributed by atoms with E-state index < -0.39 is 6.10 Å². The first kappa shape index (κ1) is 63.6. The molecule has 0 saturated carbocycles. The van der Waals surface area contributed by atoms with Gasteiger partial charge in [0, 0.05) is 19.3 Å². The smallest absolute Gasteiger partial charge is 0.306 e. The van der Waals surface area contributed by atoms with Crippen LogP contribution in [0.3, 0.4) is 0 Å². The van der Waals surface area contributed by atoms with Crippen LogP contribution in [0, 0.1) is 0 Å². The van der Waals surface area contributed by atoms with Gasteiger partial charge in [0.2, 0.25) is 0 Å². The molecule has 384 valence electrons. The van der Waals surface area contributed by atoms with Crippen LogP contribution in [0.25, 0.3) is 0 Å². The van der Waals surface area contributed by atoms with Gasteiger partial charge in [-0.25, -0.2) is 0 Å². The van der Waals surface area contributed by atoms with Gasteiger partial charge < -0.3 is 14.2 Å². The van der Waals surface area contributed by atoms with Crippen molar-refractivity contribution in [1.29, 1.82) is 0 Å². The molecule has 67 heavy (non-hydrogen) atoms. The van der Waals surface area contributed by atoms with E-state index in [0.29, 0.717) is 19.3 Å². The minimum Gasteiger partial charge on any atom is -0.462 e. The summed E-state index contributed by atoms with van der Waals surface area (Å²) in [5.41, 5.74) is 0. The molecule has 0 N–H and O–H groups in total. The maximum atomic E-state index is 12.8. The zero-order chi connectivity index (χ0) is 48.6. The molecule has 0 aromatic carbocycles. The summed E-state index contributed by atoms with van der Waals surface area (Å²) in [7, 11) is 0. The van der Waals surface area contributed by atoms with E-state index in [2.05, 4.69) is 57.2 Å². The van der Waals surface area contributed by atoms with E-state index in [1.807, 2.05) is 48.6 Å². The molecular formula is C61H104O6. The molecular weight excluding hydrogens is 829 g/mol.